The highest BCUT2D eigenvalue weighted by atomic mass is 19.1. The van der Waals surface area contributed by atoms with E-state index in [1.807, 2.05) is 6.92 Å². The molecule has 1 heterocycles. The summed E-state index contributed by atoms with van der Waals surface area (Å²) in [6, 6.07) is 4.87. The van der Waals surface area contributed by atoms with Crippen molar-refractivity contribution in [3.8, 4) is 0 Å². The zero-order valence-corrected chi connectivity index (χ0v) is 12.4. The molecule has 2 atom stereocenters. The number of anilines is 2. The molecular weight excluding hydrogens is 273 g/mol. The van der Waals surface area contributed by atoms with Crippen LogP contribution in [-0.4, -0.2) is 37.7 Å². The van der Waals surface area contributed by atoms with Gasteiger partial charge in [0.1, 0.15) is 5.82 Å². The summed E-state index contributed by atoms with van der Waals surface area (Å²) < 4.78 is 19.2. The van der Waals surface area contributed by atoms with Gasteiger partial charge in [-0.05, 0) is 31.5 Å². The first kappa shape index (κ1) is 15.7. The van der Waals surface area contributed by atoms with Gasteiger partial charge < -0.3 is 20.7 Å². The maximum Gasteiger partial charge on any atom is 0.221 e. The van der Waals surface area contributed by atoms with Gasteiger partial charge in [-0.15, -0.1) is 0 Å². The number of benzene rings is 1. The van der Waals surface area contributed by atoms with Gasteiger partial charge in [-0.25, -0.2) is 4.39 Å². The molecule has 0 aliphatic carbocycles. The molecule has 0 bridgehead atoms. The number of ether oxygens (including phenoxy) is 1. The molecule has 6 heteroatoms. The summed E-state index contributed by atoms with van der Waals surface area (Å²) in [5.41, 5.74) is 0.975. The first-order valence-electron chi connectivity index (χ1n) is 7.19. The molecule has 1 saturated heterocycles. The summed E-state index contributed by atoms with van der Waals surface area (Å²) in [6.45, 7) is 5.70. The molecule has 2 unspecified atom stereocenters. The second kappa shape index (κ2) is 7.38. The van der Waals surface area contributed by atoms with Crippen LogP contribution in [0.15, 0.2) is 18.2 Å². The van der Waals surface area contributed by atoms with E-state index in [0.29, 0.717) is 18.0 Å². The van der Waals surface area contributed by atoms with Crippen molar-refractivity contribution in [1.82, 2.24) is 5.32 Å². The summed E-state index contributed by atoms with van der Waals surface area (Å²) in [5, 5.41) is 9.17. The second-order valence-electron chi connectivity index (χ2n) is 5.38. The van der Waals surface area contributed by atoms with E-state index in [0.717, 1.165) is 19.6 Å². The van der Waals surface area contributed by atoms with Gasteiger partial charge in [0.25, 0.3) is 0 Å². The van der Waals surface area contributed by atoms with Gasteiger partial charge in [-0.2, -0.15) is 0 Å². The zero-order chi connectivity index (χ0) is 15.2. The van der Waals surface area contributed by atoms with Gasteiger partial charge in [-0.1, -0.05) is 0 Å². The first-order valence-corrected chi connectivity index (χ1v) is 7.19. The molecule has 0 saturated carbocycles. The van der Waals surface area contributed by atoms with E-state index in [2.05, 4.69) is 16.0 Å². The van der Waals surface area contributed by atoms with Crippen molar-refractivity contribution in [3.05, 3.63) is 24.0 Å². The summed E-state index contributed by atoms with van der Waals surface area (Å²) in [7, 11) is 0. The minimum atomic E-state index is -0.330. The first-order chi connectivity index (χ1) is 10.0. The molecule has 0 aromatic heterocycles. The third kappa shape index (κ3) is 4.99. The van der Waals surface area contributed by atoms with Crippen molar-refractivity contribution in [1.29, 1.82) is 0 Å². The monoisotopic (exact) mass is 295 g/mol. The Morgan fingerprint density at radius 1 is 1.57 bits per heavy atom. The predicted octanol–water partition coefficient (Wildman–Crippen LogP) is 1.96. The SMILES string of the molecule is CC(=O)Nc1ccc(F)c(NC(C)CC2COCCN2)c1. The molecule has 3 N–H and O–H groups in total. The Morgan fingerprint density at radius 3 is 3.05 bits per heavy atom. The normalized spacial score (nSPS) is 19.9. The van der Waals surface area contributed by atoms with Crippen LogP contribution >= 0.6 is 0 Å². The van der Waals surface area contributed by atoms with Gasteiger partial charge in [0.05, 0.1) is 18.9 Å². The van der Waals surface area contributed by atoms with Crippen LogP contribution in [0.5, 0.6) is 0 Å². The molecule has 21 heavy (non-hydrogen) atoms. The molecule has 0 spiro atoms. The van der Waals surface area contributed by atoms with Crippen LogP contribution in [0.2, 0.25) is 0 Å². The van der Waals surface area contributed by atoms with Crippen LogP contribution in [0.1, 0.15) is 20.3 Å². The van der Waals surface area contributed by atoms with Crippen molar-refractivity contribution in [2.24, 2.45) is 0 Å². The number of amides is 1. The average Bonchev–Trinajstić information content (AvgIpc) is 2.43. The molecule has 5 nitrogen and oxygen atoms in total. The molecular formula is C15H22FN3O2. The van der Waals surface area contributed by atoms with Crippen LogP contribution in [0.4, 0.5) is 15.8 Å². The van der Waals surface area contributed by atoms with Crippen molar-refractivity contribution >= 4 is 17.3 Å². The minimum absolute atomic E-state index is 0.0891. The molecule has 1 aliphatic rings. The molecule has 1 aromatic carbocycles. The van der Waals surface area contributed by atoms with Gasteiger partial charge in [-0.3, -0.25) is 4.79 Å². The highest BCUT2D eigenvalue weighted by Crippen LogP contribution is 2.21. The number of carbonyl (C=O) groups excluding carboxylic acids is 1. The quantitative estimate of drug-likeness (QED) is 0.777. The van der Waals surface area contributed by atoms with E-state index in [4.69, 9.17) is 4.74 Å². The maximum absolute atomic E-state index is 13.8. The lowest BCUT2D eigenvalue weighted by molar-refractivity contribution is -0.114. The van der Waals surface area contributed by atoms with E-state index in [9.17, 15) is 9.18 Å². The van der Waals surface area contributed by atoms with Crippen LogP contribution < -0.4 is 16.0 Å². The maximum atomic E-state index is 13.8. The topological polar surface area (TPSA) is 62.4 Å². The van der Waals surface area contributed by atoms with Gasteiger partial charge in [0.15, 0.2) is 0 Å². The standard InChI is InChI=1S/C15H22FN3O2/c1-10(7-13-9-21-6-5-17-13)18-15-8-12(19-11(2)20)3-4-14(15)16/h3-4,8,10,13,17-18H,5-7,9H2,1-2H3,(H,19,20). The third-order valence-corrected chi connectivity index (χ3v) is 3.33. The number of hydrogen-bond acceptors (Lipinski definition) is 4. The Kier molecular flexibility index (Phi) is 5.52. The molecule has 1 amide bonds. The van der Waals surface area contributed by atoms with Gasteiger partial charge in [0.2, 0.25) is 5.91 Å². The Hall–Kier alpha value is -1.66. The van der Waals surface area contributed by atoms with Gasteiger partial charge in [0, 0.05) is 31.2 Å². The number of rotatable bonds is 5. The predicted molar refractivity (Wildman–Crippen MR) is 81.0 cm³/mol. The lowest BCUT2D eigenvalue weighted by atomic mass is 10.1. The average molecular weight is 295 g/mol. The van der Waals surface area contributed by atoms with Crippen molar-refractivity contribution in [2.45, 2.75) is 32.4 Å². The van der Waals surface area contributed by atoms with E-state index < -0.39 is 0 Å². The fourth-order valence-corrected chi connectivity index (χ4v) is 2.44. The van der Waals surface area contributed by atoms with Crippen LogP contribution in [0, 0.1) is 5.82 Å². The Morgan fingerprint density at radius 2 is 2.38 bits per heavy atom. The van der Waals surface area contributed by atoms with Crippen LogP contribution in [0.3, 0.4) is 0 Å². The summed E-state index contributed by atoms with van der Waals surface area (Å²) >= 11 is 0. The Balaban J connectivity index is 1.95. The molecule has 1 aliphatic heterocycles. The Bertz CT molecular complexity index is 490. The highest BCUT2D eigenvalue weighted by molar-refractivity contribution is 5.89. The number of morpholine rings is 1. The number of carbonyl (C=O) groups is 1. The smallest absolute Gasteiger partial charge is 0.221 e. The fourth-order valence-electron chi connectivity index (χ4n) is 2.44. The van der Waals surface area contributed by atoms with Gasteiger partial charge >= 0.3 is 0 Å². The largest absolute Gasteiger partial charge is 0.380 e. The van der Waals surface area contributed by atoms with Crippen molar-refractivity contribution in [2.75, 3.05) is 30.4 Å². The lowest BCUT2D eigenvalue weighted by Crippen LogP contribution is -2.43. The molecule has 1 aromatic rings. The van der Waals surface area contributed by atoms with Crippen molar-refractivity contribution in [3.63, 3.8) is 0 Å². The fraction of sp³-hybridized carbons (Fsp3) is 0.533. The zero-order valence-electron chi connectivity index (χ0n) is 12.4. The number of nitrogens with one attached hydrogen (secondary N) is 3. The van der Waals surface area contributed by atoms with Crippen LogP contribution in [-0.2, 0) is 9.53 Å². The second-order valence-corrected chi connectivity index (χ2v) is 5.38. The van der Waals surface area contributed by atoms with E-state index >= 15 is 0 Å². The molecule has 1 fully saturated rings. The summed E-state index contributed by atoms with van der Waals surface area (Å²) in [5.74, 6) is -0.507. The highest BCUT2D eigenvalue weighted by Gasteiger charge is 2.17. The third-order valence-electron chi connectivity index (χ3n) is 3.33. The van der Waals surface area contributed by atoms with E-state index in [1.165, 1.54) is 13.0 Å². The number of halogens is 1. The summed E-state index contributed by atoms with van der Waals surface area (Å²) in [4.78, 5) is 11.0. The number of hydrogen-bond donors (Lipinski definition) is 3. The van der Waals surface area contributed by atoms with E-state index in [1.54, 1.807) is 12.1 Å². The molecule has 0 radical (unpaired) electrons. The minimum Gasteiger partial charge on any atom is -0.380 e. The Labute approximate surface area is 124 Å². The van der Waals surface area contributed by atoms with E-state index in [-0.39, 0.29) is 23.8 Å². The summed E-state index contributed by atoms with van der Waals surface area (Å²) in [6.07, 6.45) is 0.837. The van der Waals surface area contributed by atoms with Crippen molar-refractivity contribution < 1.29 is 13.9 Å². The van der Waals surface area contributed by atoms with Crippen LogP contribution in [0.25, 0.3) is 0 Å². The molecule has 2 rings (SSSR count). The lowest BCUT2D eigenvalue weighted by Gasteiger charge is -2.27. The molecule has 116 valence electrons.